The van der Waals surface area contributed by atoms with Gasteiger partial charge in [0.05, 0.1) is 6.42 Å². The Morgan fingerprint density at radius 1 is 1.39 bits per heavy atom. The van der Waals surface area contributed by atoms with Crippen LogP contribution in [-0.2, 0) is 17.8 Å². The van der Waals surface area contributed by atoms with Gasteiger partial charge in [-0.15, -0.1) is 11.3 Å². The van der Waals surface area contributed by atoms with Gasteiger partial charge in [0, 0.05) is 45.4 Å². The molecule has 100 valence electrons. The number of carboxylic acids is 1. The average molecular weight is 303 g/mol. The number of aliphatic carboxylic acids is 1. The van der Waals surface area contributed by atoms with E-state index in [4.69, 9.17) is 5.11 Å². The zero-order valence-electron chi connectivity index (χ0n) is 10.1. The Kier molecular flexibility index (Phi) is 5.88. The third-order valence-electron chi connectivity index (χ3n) is 2.60. The minimum atomic E-state index is -0.757. The van der Waals surface area contributed by atoms with Gasteiger partial charge in [-0.25, -0.2) is 0 Å². The lowest BCUT2D eigenvalue weighted by Crippen LogP contribution is -2.28. The first kappa shape index (κ1) is 14.2. The Bertz CT molecular complexity index is 388. The highest BCUT2D eigenvalue weighted by Gasteiger charge is 2.13. The Morgan fingerprint density at radius 3 is 2.94 bits per heavy atom. The molecule has 2 rings (SSSR count). The van der Waals surface area contributed by atoms with Gasteiger partial charge in [0.15, 0.2) is 0 Å². The van der Waals surface area contributed by atoms with Crippen LogP contribution in [0.15, 0.2) is 12.1 Å². The number of thioether (sulfide) groups is 2. The second-order valence-corrected chi connectivity index (χ2v) is 7.95. The summed E-state index contributed by atoms with van der Waals surface area (Å²) in [5.41, 5.74) is 0. The normalized spacial score (nSPS) is 19.9. The molecule has 1 fully saturated rings. The number of carbonyl (C=O) groups is 1. The molecular formula is C12H17NO2S3. The van der Waals surface area contributed by atoms with Gasteiger partial charge in [-0.2, -0.15) is 23.5 Å². The molecule has 2 heterocycles. The van der Waals surface area contributed by atoms with Crippen molar-refractivity contribution < 1.29 is 9.90 Å². The lowest BCUT2D eigenvalue weighted by Gasteiger charge is -2.20. The topological polar surface area (TPSA) is 49.3 Å². The molecule has 0 aliphatic carbocycles. The summed E-state index contributed by atoms with van der Waals surface area (Å²) in [4.78, 5) is 12.7. The summed E-state index contributed by atoms with van der Waals surface area (Å²) in [5, 5.41) is 12.9. The predicted octanol–water partition coefficient (Wildman–Crippen LogP) is 2.31. The number of rotatable bonds is 6. The van der Waals surface area contributed by atoms with Crippen molar-refractivity contribution in [3.63, 3.8) is 0 Å². The monoisotopic (exact) mass is 303 g/mol. The second kappa shape index (κ2) is 7.43. The number of nitrogens with one attached hydrogen (secondary N) is 1. The first-order chi connectivity index (χ1) is 8.74. The number of hydrogen-bond acceptors (Lipinski definition) is 5. The van der Waals surface area contributed by atoms with Crippen LogP contribution in [-0.4, -0.2) is 40.1 Å². The zero-order chi connectivity index (χ0) is 12.8. The molecule has 1 aliphatic rings. The van der Waals surface area contributed by atoms with Gasteiger partial charge >= 0.3 is 5.97 Å². The van der Waals surface area contributed by atoms with Crippen LogP contribution in [0.5, 0.6) is 0 Å². The van der Waals surface area contributed by atoms with Crippen LogP contribution in [0.4, 0.5) is 0 Å². The lowest BCUT2D eigenvalue weighted by atomic mass is 10.3. The number of carboxylic acid groups (broad SMARTS) is 1. The van der Waals surface area contributed by atoms with Gasteiger partial charge in [0.2, 0.25) is 0 Å². The van der Waals surface area contributed by atoms with E-state index in [9.17, 15) is 4.79 Å². The molecule has 1 saturated heterocycles. The Hall–Kier alpha value is -0.170. The Balaban J connectivity index is 1.69. The molecule has 1 aromatic heterocycles. The third-order valence-corrected chi connectivity index (χ3v) is 6.53. The van der Waals surface area contributed by atoms with Crippen LogP contribution in [0.25, 0.3) is 0 Å². The van der Waals surface area contributed by atoms with Crippen molar-refractivity contribution in [2.24, 2.45) is 0 Å². The van der Waals surface area contributed by atoms with Crippen molar-refractivity contribution in [1.82, 2.24) is 5.32 Å². The van der Waals surface area contributed by atoms with E-state index in [2.05, 4.69) is 17.1 Å². The molecule has 2 N–H and O–H groups in total. The van der Waals surface area contributed by atoms with Gasteiger partial charge < -0.3 is 10.4 Å². The van der Waals surface area contributed by atoms with E-state index in [1.807, 2.05) is 23.9 Å². The fourth-order valence-corrected chi connectivity index (χ4v) is 5.40. The quantitative estimate of drug-likeness (QED) is 0.844. The maximum atomic E-state index is 10.6. The van der Waals surface area contributed by atoms with Crippen molar-refractivity contribution in [3.05, 3.63) is 21.9 Å². The van der Waals surface area contributed by atoms with Gasteiger partial charge in [-0.3, -0.25) is 4.79 Å². The molecular weight excluding hydrogens is 286 g/mol. The Labute approximate surface area is 120 Å². The standard InChI is InChI=1S/C12H17NO2S3/c14-12(15)5-9-1-2-10(18-9)6-13-7-11-8-16-3-4-17-11/h1-2,11,13H,3-8H2,(H,14,15). The van der Waals surface area contributed by atoms with Crippen LogP contribution in [0.1, 0.15) is 9.75 Å². The molecule has 0 amide bonds. The van der Waals surface area contributed by atoms with E-state index in [1.54, 1.807) is 11.3 Å². The summed E-state index contributed by atoms with van der Waals surface area (Å²) >= 11 is 5.68. The minimum Gasteiger partial charge on any atom is -0.481 e. The Morgan fingerprint density at radius 2 is 2.22 bits per heavy atom. The lowest BCUT2D eigenvalue weighted by molar-refractivity contribution is -0.136. The highest BCUT2D eigenvalue weighted by atomic mass is 32.2. The molecule has 3 nitrogen and oxygen atoms in total. The maximum Gasteiger partial charge on any atom is 0.308 e. The number of thiophene rings is 1. The fourth-order valence-electron chi connectivity index (χ4n) is 1.77. The minimum absolute atomic E-state index is 0.139. The number of hydrogen-bond donors (Lipinski definition) is 2. The fraction of sp³-hybridized carbons (Fsp3) is 0.583. The summed E-state index contributed by atoms with van der Waals surface area (Å²) in [7, 11) is 0. The molecule has 0 bridgehead atoms. The van der Waals surface area contributed by atoms with Gasteiger partial charge in [0.1, 0.15) is 0 Å². The van der Waals surface area contributed by atoms with Crippen LogP contribution in [0.3, 0.4) is 0 Å². The first-order valence-corrected chi connectivity index (χ1v) is 8.95. The highest BCUT2D eigenvalue weighted by molar-refractivity contribution is 8.06. The summed E-state index contributed by atoms with van der Waals surface area (Å²) in [5.74, 6) is 3.03. The largest absolute Gasteiger partial charge is 0.481 e. The maximum absolute atomic E-state index is 10.6. The van der Waals surface area contributed by atoms with Crippen LogP contribution < -0.4 is 5.32 Å². The molecule has 6 heteroatoms. The van der Waals surface area contributed by atoms with Crippen molar-refractivity contribution in [2.45, 2.75) is 18.2 Å². The van der Waals surface area contributed by atoms with Gasteiger partial charge in [-0.05, 0) is 12.1 Å². The van der Waals surface area contributed by atoms with E-state index < -0.39 is 5.97 Å². The van der Waals surface area contributed by atoms with E-state index in [0.717, 1.165) is 23.2 Å². The molecule has 1 aliphatic heterocycles. The van der Waals surface area contributed by atoms with Crippen LogP contribution in [0.2, 0.25) is 0 Å². The highest BCUT2D eigenvalue weighted by Crippen LogP contribution is 2.23. The molecule has 18 heavy (non-hydrogen) atoms. The van der Waals surface area contributed by atoms with E-state index in [1.165, 1.54) is 22.1 Å². The molecule has 0 spiro atoms. The second-order valence-electron chi connectivity index (χ2n) is 4.14. The van der Waals surface area contributed by atoms with Crippen LogP contribution >= 0.6 is 34.9 Å². The van der Waals surface area contributed by atoms with Crippen molar-refractivity contribution >= 4 is 40.8 Å². The van der Waals surface area contributed by atoms with E-state index in [-0.39, 0.29) is 6.42 Å². The van der Waals surface area contributed by atoms with Crippen molar-refractivity contribution in [1.29, 1.82) is 0 Å². The van der Waals surface area contributed by atoms with Crippen molar-refractivity contribution in [3.8, 4) is 0 Å². The van der Waals surface area contributed by atoms with Gasteiger partial charge in [-0.1, -0.05) is 0 Å². The van der Waals surface area contributed by atoms with E-state index >= 15 is 0 Å². The summed E-state index contributed by atoms with van der Waals surface area (Å²) in [6, 6.07) is 3.94. The zero-order valence-corrected chi connectivity index (χ0v) is 12.5. The molecule has 0 saturated carbocycles. The molecule has 0 radical (unpaired) electrons. The SMILES string of the molecule is O=C(O)Cc1ccc(CNCC2CSCCS2)s1. The smallest absolute Gasteiger partial charge is 0.308 e. The van der Waals surface area contributed by atoms with Crippen molar-refractivity contribution in [2.75, 3.05) is 23.8 Å². The average Bonchev–Trinajstić information content (AvgIpc) is 2.77. The van der Waals surface area contributed by atoms with E-state index in [0.29, 0.717) is 0 Å². The molecule has 1 unspecified atom stereocenters. The summed E-state index contributed by atoms with van der Waals surface area (Å²) in [6.07, 6.45) is 0.139. The summed E-state index contributed by atoms with van der Waals surface area (Å²) < 4.78 is 0. The molecule has 1 atom stereocenters. The molecule has 0 aromatic carbocycles. The predicted molar refractivity (Wildman–Crippen MR) is 80.9 cm³/mol. The van der Waals surface area contributed by atoms with Crippen LogP contribution in [0, 0.1) is 0 Å². The molecule has 1 aromatic rings. The van der Waals surface area contributed by atoms with Gasteiger partial charge in [0.25, 0.3) is 0 Å². The first-order valence-electron chi connectivity index (χ1n) is 5.93. The summed E-state index contributed by atoms with van der Waals surface area (Å²) in [6.45, 7) is 1.90. The third kappa shape index (κ3) is 4.84.